The van der Waals surface area contributed by atoms with Gasteiger partial charge in [0.1, 0.15) is 10.6 Å². The fraction of sp³-hybridized carbons (Fsp3) is 0.667. The Morgan fingerprint density at radius 1 is 1.50 bits per heavy atom. The molecule has 1 aromatic rings. The Morgan fingerprint density at radius 2 is 2.12 bits per heavy atom. The number of nitrogens with two attached hydrogens (primary N) is 1. The first kappa shape index (κ1) is 13.1. The van der Waals surface area contributed by atoms with E-state index in [1.54, 1.807) is 13.8 Å². The van der Waals surface area contributed by atoms with Crippen LogP contribution in [0.5, 0.6) is 0 Å². The van der Waals surface area contributed by atoms with E-state index in [0.29, 0.717) is 12.1 Å². The molecule has 1 unspecified atom stereocenters. The minimum absolute atomic E-state index is 0.111. The number of hydrogen-bond donors (Lipinski definition) is 2. The molecule has 0 spiro atoms. The average molecular weight is 247 g/mol. The van der Waals surface area contributed by atoms with Crippen LogP contribution in [-0.2, 0) is 10.0 Å². The molecule has 6 nitrogen and oxygen atoms in total. The van der Waals surface area contributed by atoms with E-state index in [9.17, 15) is 8.42 Å². The van der Waals surface area contributed by atoms with E-state index in [4.69, 9.17) is 10.3 Å². The van der Waals surface area contributed by atoms with E-state index >= 15 is 0 Å². The van der Waals surface area contributed by atoms with Gasteiger partial charge in [0.25, 0.3) is 0 Å². The predicted octanol–water partition coefficient (Wildman–Crippen LogP) is 0.307. The first-order valence-electron chi connectivity index (χ1n) is 5.07. The molecular formula is C9H17N3O3S. The number of sulfonamides is 1. The molecule has 1 heterocycles. The van der Waals surface area contributed by atoms with Gasteiger partial charge in [0.05, 0.1) is 0 Å². The maximum Gasteiger partial charge on any atom is 0.246 e. The van der Waals surface area contributed by atoms with Crippen LogP contribution in [0.4, 0.5) is 0 Å². The van der Waals surface area contributed by atoms with Crippen molar-refractivity contribution in [2.24, 2.45) is 5.73 Å². The lowest BCUT2D eigenvalue weighted by molar-refractivity contribution is 0.390. The van der Waals surface area contributed by atoms with Gasteiger partial charge in [0.15, 0.2) is 5.76 Å². The van der Waals surface area contributed by atoms with Crippen molar-refractivity contribution in [1.29, 1.82) is 0 Å². The molecule has 0 aliphatic heterocycles. The van der Waals surface area contributed by atoms with Crippen LogP contribution in [0.2, 0.25) is 0 Å². The normalized spacial score (nSPS) is 14.0. The second-order valence-electron chi connectivity index (χ2n) is 3.62. The SMILES string of the molecule is CCC(CN)NS(=O)(=O)c1c(C)noc1C. The van der Waals surface area contributed by atoms with Gasteiger partial charge in [-0.05, 0) is 20.3 Å². The fourth-order valence-corrected chi connectivity index (χ4v) is 3.10. The van der Waals surface area contributed by atoms with Crippen molar-refractivity contribution in [3.8, 4) is 0 Å². The number of nitrogens with one attached hydrogen (secondary N) is 1. The maximum atomic E-state index is 12.0. The molecule has 0 radical (unpaired) electrons. The summed E-state index contributed by atoms with van der Waals surface area (Å²) in [6.07, 6.45) is 0.638. The largest absolute Gasteiger partial charge is 0.360 e. The van der Waals surface area contributed by atoms with Crippen molar-refractivity contribution in [3.05, 3.63) is 11.5 Å². The highest BCUT2D eigenvalue weighted by Crippen LogP contribution is 2.18. The van der Waals surface area contributed by atoms with Gasteiger partial charge in [0.2, 0.25) is 10.0 Å². The molecule has 0 bridgehead atoms. The zero-order valence-corrected chi connectivity index (χ0v) is 10.5. The third kappa shape index (κ3) is 2.60. The Bertz CT molecular complexity index is 429. The van der Waals surface area contributed by atoms with E-state index in [-0.39, 0.29) is 23.2 Å². The molecule has 0 aromatic carbocycles. The van der Waals surface area contributed by atoms with Crippen molar-refractivity contribution in [1.82, 2.24) is 9.88 Å². The van der Waals surface area contributed by atoms with Crippen molar-refractivity contribution >= 4 is 10.0 Å². The smallest absolute Gasteiger partial charge is 0.246 e. The molecule has 0 aliphatic carbocycles. The second kappa shape index (κ2) is 4.94. The zero-order valence-electron chi connectivity index (χ0n) is 9.65. The predicted molar refractivity (Wildman–Crippen MR) is 59.4 cm³/mol. The first-order valence-corrected chi connectivity index (χ1v) is 6.56. The standard InChI is InChI=1S/C9H17N3O3S/c1-4-8(5-10)12-16(13,14)9-6(2)11-15-7(9)3/h8,12H,4-5,10H2,1-3H3. The fourth-order valence-electron chi connectivity index (χ4n) is 1.43. The monoisotopic (exact) mass is 247 g/mol. The zero-order chi connectivity index (χ0) is 12.3. The highest BCUT2D eigenvalue weighted by atomic mass is 32.2. The van der Waals surface area contributed by atoms with Crippen LogP contribution < -0.4 is 10.5 Å². The summed E-state index contributed by atoms with van der Waals surface area (Å²) in [5.41, 5.74) is 5.81. The molecule has 7 heteroatoms. The molecule has 0 saturated heterocycles. The van der Waals surface area contributed by atoms with Crippen molar-refractivity contribution in [2.75, 3.05) is 6.54 Å². The van der Waals surface area contributed by atoms with Gasteiger partial charge in [-0.2, -0.15) is 0 Å². The highest BCUT2D eigenvalue weighted by Gasteiger charge is 2.25. The van der Waals surface area contributed by atoms with Gasteiger partial charge in [-0.15, -0.1) is 0 Å². The molecular weight excluding hydrogens is 230 g/mol. The first-order chi connectivity index (χ1) is 7.42. The Morgan fingerprint density at radius 3 is 2.50 bits per heavy atom. The third-order valence-electron chi connectivity index (χ3n) is 2.34. The Balaban J connectivity index is 3.03. The molecule has 3 N–H and O–H groups in total. The minimum atomic E-state index is -3.59. The molecule has 16 heavy (non-hydrogen) atoms. The van der Waals surface area contributed by atoms with Gasteiger partial charge in [-0.1, -0.05) is 12.1 Å². The van der Waals surface area contributed by atoms with Crippen LogP contribution in [0.1, 0.15) is 24.8 Å². The Hall–Kier alpha value is -0.920. The summed E-state index contributed by atoms with van der Waals surface area (Å²) >= 11 is 0. The summed E-state index contributed by atoms with van der Waals surface area (Å²) in [5.74, 6) is 0.289. The Labute approximate surface area is 95.2 Å². The van der Waals surface area contributed by atoms with E-state index in [1.807, 2.05) is 6.92 Å². The van der Waals surface area contributed by atoms with Gasteiger partial charge in [0, 0.05) is 12.6 Å². The Kier molecular flexibility index (Phi) is 4.06. The average Bonchev–Trinajstić information content (AvgIpc) is 2.55. The molecule has 1 atom stereocenters. The molecule has 1 rings (SSSR count). The van der Waals surface area contributed by atoms with E-state index in [1.165, 1.54) is 0 Å². The van der Waals surface area contributed by atoms with Crippen molar-refractivity contribution < 1.29 is 12.9 Å². The molecule has 0 amide bonds. The summed E-state index contributed by atoms with van der Waals surface area (Å²) in [7, 11) is -3.59. The number of aryl methyl sites for hydroxylation is 2. The summed E-state index contributed by atoms with van der Waals surface area (Å²) in [6.45, 7) is 5.29. The maximum absolute atomic E-state index is 12.0. The summed E-state index contributed by atoms with van der Waals surface area (Å²) < 4.78 is 31.3. The summed E-state index contributed by atoms with van der Waals surface area (Å²) in [4.78, 5) is 0.111. The number of nitrogens with zero attached hydrogens (tertiary/aromatic N) is 1. The molecule has 92 valence electrons. The second-order valence-corrected chi connectivity index (χ2v) is 5.27. The number of hydrogen-bond acceptors (Lipinski definition) is 5. The van der Waals surface area contributed by atoms with E-state index in [0.717, 1.165) is 0 Å². The lowest BCUT2D eigenvalue weighted by Gasteiger charge is -2.14. The van der Waals surface area contributed by atoms with Crippen LogP contribution in [0.3, 0.4) is 0 Å². The van der Waals surface area contributed by atoms with Gasteiger partial charge < -0.3 is 10.3 Å². The van der Waals surface area contributed by atoms with E-state index < -0.39 is 10.0 Å². The number of aromatic nitrogens is 1. The lowest BCUT2D eigenvalue weighted by Crippen LogP contribution is -2.39. The molecule has 0 saturated carbocycles. The summed E-state index contributed by atoms with van der Waals surface area (Å²) in [6, 6.07) is -0.265. The number of rotatable bonds is 5. The van der Waals surface area contributed by atoms with Crippen molar-refractivity contribution in [3.63, 3.8) is 0 Å². The van der Waals surface area contributed by atoms with Crippen LogP contribution in [0.15, 0.2) is 9.42 Å². The van der Waals surface area contributed by atoms with Crippen LogP contribution in [0.25, 0.3) is 0 Å². The van der Waals surface area contributed by atoms with Crippen LogP contribution in [0, 0.1) is 13.8 Å². The minimum Gasteiger partial charge on any atom is -0.360 e. The van der Waals surface area contributed by atoms with Gasteiger partial charge in [-0.3, -0.25) is 0 Å². The topological polar surface area (TPSA) is 98.2 Å². The lowest BCUT2D eigenvalue weighted by atomic mass is 10.2. The summed E-state index contributed by atoms with van der Waals surface area (Å²) in [5, 5.41) is 3.62. The highest BCUT2D eigenvalue weighted by molar-refractivity contribution is 7.89. The molecule has 1 aromatic heterocycles. The quantitative estimate of drug-likeness (QED) is 0.780. The van der Waals surface area contributed by atoms with Gasteiger partial charge >= 0.3 is 0 Å². The van der Waals surface area contributed by atoms with Crippen LogP contribution >= 0.6 is 0 Å². The third-order valence-corrected chi connectivity index (χ3v) is 4.10. The molecule has 0 fully saturated rings. The van der Waals surface area contributed by atoms with Crippen LogP contribution in [-0.4, -0.2) is 26.2 Å². The van der Waals surface area contributed by atoms with E-state index in [2.05, 4.69) is 9.88 Å². The molecule has 0 aliphatic rings. The van der Waals surface area contributed by atoms with Crippen molar-refractivity contribution in [2.45, 2.75) is 38.1 Å². The van der Waals surface area contributed by atoms with Gasteiger partial charge in [-0.25, -0.2) is 13.1 Å².